The molecule has 0 unspecified atom stereocenters. The smallest absolute Gasteiger partial charge is 0.336 e. The number of carbonyl (C=O) groups excluding carboxylic acids is 2. The maximum Gasteiger partial charge on any atom is 0.336 e. The number of pyridine rings is 1. The largest absolute Gasteiger partial charge is 0.508 e. The lowest BCUT2D eigenvalue weighted by molar-refractivity contribution is -0.142. The molecule has 37 heavy (non-hydrogen) atoms. The number of rotatable bonds is 7. The normalized spacial score (nSPS) is 11.6. The number of carboxylic acid groups (broad SMARTS) is 1. The number of hydrogen-bond acceptors (Lipinski definition) is 6. The van der Waals surface area contributed by atoms with Crippen molar-refractivity contribution in [3.63, 3.8) is 0 Å². The number of phenolic OH excluding ortho intramolecular Hbond substituents is 1. The van der Waals surface area contributed by atoms with Gasteiger partial charge in [0.15, 0.2) is 0 Å². The monoisotopic (exact) mass is 522 g/mol. The van der Waals surface area contributed by atoms with Gasteiger partial charge in [0.05, 0.1) is 23.2 Å². The Morgan fingerprint density at radius 2 is 1.70 bits per heavy atom. The molecule has 4 aromatic rings. The highest BCUT2D eigenvalue weighted by Gasteiger charge is 2.25. The standard InChI is InChI=1S/C27H20ClFN2O6/c1-37-27(36)24(10-14-2-6-17(32)7-3-14)31-25(33)23-13-19(26(34)35)18-11-15(5-9-22(18)30-23)16-4-8-21(29)20(28)12-16/h2-9,11-13,24,32H,10H2,1H3,(H,31,33)(H,34,35)/t24-/m0/s1. The highest BCUT2D eigenvalue weighted by Crippen LogP contribution is 2.29. The van der Waals surface area contributed by atoms with Gasteiger partial charge in [-0.3, -0.25) is 4.79 Å². The van der Waals surface area contributed by atoms with Crippen LogP contribution in [0.5, 0.6) is 5.75 Å². The summed E-state index contributed by atoms with van der Waals surface area (Å²) in [5.41, 5.74) is 1.65. The van der Waals surface area contributed by atoms with Crippen molar-refractivity contribution in [2.24, 2.45) is 0 Å². The zero-order valence-corrected chi connectivity index (χ0v) is 20.1. The van der Waals surface area contributed by atoms with Gasteiger partial charge in [-0.1, -0.05) is 35.9 Å². The lowest BCUT2D eigenvalue weighted by Crippen LogP contribution is -2.43. The number of carbonyl (C=O) groups is 3. The summed E-state index contributed by atoms with van der Waals surface area (Å²) in [6.45, 7) is 0. The van der Waals surface area contributed by atoms with Gasteiger partial charge in [0.2, 0.25) is 0 Å². The fraction of sp³-hybridized carbons (Fsp3) is 0.111. The molecule has 3 N–H and O–H groups in total. The van der Waals surface area contributed by atoms with Crippen LogP contribution in [0.1, 0.15) is 26.4 Å². The van der Waals surface area contributed by atoms with E-state index in [1.165, 1.54) is 37.4 Å². The molecule has 1 amide bonds. The summed E-state index contributed by atoms with van der Waals surface area (Å²) in [7, 11) is 1.18. The molecule has 1 aromatic heterocycles. The van der Waals surface area contributed by atoms with Crippen molar-refractivity contribution in [3.8, 4) is 16.9 Å². The van der Waals surface area contributed by atoms with Crippen LogP contribution in [0.2, 0.25) is 5.02 Å². The summed E-state index contributed by atoms with van der Waals surface area (Å²) in [6, 6.07) is 15.0. The Balaban J connectivity index is 1.68. The van der Waals surface area contributed by atoms with Gasteiger partial charge in [-0.05, 0) is 59.2 Å². The van der Waals surface area contributed by atoms with Crippen LogP contribution in [0.15, 0.2) is 66.7 Å². The number of aromatic carboxylic acids is 1. The molecule has 3 aromatic carbocycles. The topological polar surface area (TPSA) is 126 Å². The maximum absolute atomic E-state index is 13.6. The second-order valence-electron chi connectivity index (χ2n) is 8.14. The number of phenols is 1. The van der Waals surface area contributed by atoms with Gasteiger partial charge in [-0.2, -0.15) is 0 Å². The maximum atomic E-state index is 13.6. The molecule has 0 aliphatic heterocycles. The van der Waals surface area contributed by atoms with E-state index in [4.69, 9.17) is 16.3 Å². The molecule has 1 atom stereocenters. The Morgan fingerprint density at radius 1 is 1.03 bits per heavy atom. The summed E-state index contributed by atoms with van der Waals surface area (Å²) >= 11 is 5.88. The number of esters is 1. The number of aromatic nitrogens is 1. The zero-order chi connectivity index (χ0) is 26.7. The molecule has 10 heteroatoms. The number of fused-ring (bicyclic) bond motifs is 1. The molecule has 0 radical (unpaired) electrons. The van der Waals surface area contributed by atoms with Crippen molar-refractivity contribution < 1.29 is 33.7 Å². The van der Waals surface area contributed by atoms with Crippen LogP contribution in [0, 0.1) is 5.82 Å². The van der Waals surface area contributed by atoms with E-state index < -0.39 is 29.7 Å². The first-order chi connectivity index (χ1) is 17.7. The Kier molecular flexibility index (Phi) is 7.35. The van der Waals surface area contributed by atoms with Crippen molar-refractivity contribution in [1.82, 2.24) is 10.3 Å². The first-order valence-electron chi connectivity index (χ1n) is 11.0. The van der Waals surface area contributed by atoms with Crippen molar-refractivity contribution in [2.45, 2.75) is 12.5 Å². The predicted octanol–water partition coefficient (Wildman–Crippen LogP) is 4.61. The molecular weight excluding hydrogens is 503 g/mol. The van der Waals surface area contributed by atoms with Crippen molar-refractivity contribution >= 4 is 40.3 Å². The average Bonchev–Trinajstić information content (AvgIpc) is 2.89. The van der Waals surface area contributed by atoms with Gasteiger partial charge >= 0.3 is 11.9 Å². The fourth-order valence-corrected chi connectivity index (χ4v) is 3.99. The molecule has 1 heterocycles. The van der Waals surface area contributed by atoms with Gasteiger partial charge in [-0.25, -0.2) is 19.0 Å². The molecule has 0 aliphatic carbocycles. The number of nitrogens with one attached hydrogen (secondary N) is 1. The number of carboxylic acids is 1. The predicted molar refractivity (Wildman–Crippen MR) is 134 cm³/mol. The van der Waals surface area contributed by atoms with Crippen LogP contribution in [0.4, 0.5) is 4.39 Å². The number of halogens is 2. The third-order valence-corrected chi connectivity index (χ3v) is 5.98. The molecule has 188 valence electrons. The average molecular weight is 523 g/mol. The first-order valence-corrected chi connectivity index (χ1v) is 11.3. The van der Waals surface area contributed by atoms with Crippen LogP contribution in [-0.2, 0) is 16.0 Å². The van der Waals surface area contributed by atoms with Crippen LogP contribution < -0.4 is 5.32 Å². The number of nitrogens with zero attached hydrogens (tertiary/aromatic N) is 1. The van der Waals surface area contributed by atoms with E-state index in [1.807, 2.05) is 0 Å². The number of methoxy groups -OCH3 is 1. The molecule has 0 spiro atoms. The van der Waals surface area contributed by atoms with Crippen LogP contribution in [-0.4, -0.2) is 46.2 Å². The van der Waals surface area contributed by atoms with Crippen molar-refractivity contribution in [2.75, 3.05) is 7.11 Å². The summed E-state index contributed by atoms with van der Waals surface area (Å²) in [5, 5.41) is 22.0. The molecular formula is C27H20ClFN2O6. The molecule has 0 saturated carbocycles. The van der Waals surface area contributed by atoms with E-state index in [0.29, 0.717) is 16.7 Å². The number of aromatic hydroxyl groups is 1. The highest BCUT2D eigenvalue weighted by atomic mass is 35.5. The lowest BCUT2D eigenvalue weighted by atomic mass is 10.00. The van der Waals surface area contributed by atoms with E-state index in [1.54, 1.807) is 30.3 Å². The quantitative estimate of drug-likeness (QED) is 0.302. The van der Waals surface area contributed by atoms with Crippen LogP contribution in [0.3, 0.4) is 0 Å². The molecule has 0 saturated heterocycles. The second kappa shape index (κ2) is 10.6. The SMILES string of the molecule is COC(=O)[C@H](Cc1ccc(O)cc1)NC(=O)c1cc(C(=O)O)c2cc(-c3ccc(F)c(Cl)c3)ccc2n1. The van der Waals surface area contributed by atoms with Crippen LogP contribution in [0.25, 0.3) is 22.0 Å². The van der Waals surface area contributed by atoms with Gasteiger partial charge in [-0.15, -0.1) is 0 Å². The Labute approximate surface area is 215 Å². The van der Waals surface area contributed by atoms with Gasteiger partial charge in [0.25, 0.3) is 5.91 Å². The molecule has 4 rings (SSSR count). The summed E-state index contributed by atoms with van der Waals surface area (Å²) in [4.78, 5) is 41.7. The molecule has 0 bridgehead atoms. The Morgan fingerprint density at radius 3 is 2.35 bits per heavy atom. The minimum Gasteiger partial charge on any atom is -0.508 e. The number of benzene rings is 3. The lowest BCUT2D eigenvalue weighted by Gasteiger charge is -2.17. The Bertz CT molecular complexity index is 1520. The number of ether oxygens (including phenoxy) is 1. The van der Waals surface area contributed by atoms with Gasteiger partial charge in [0, 0.05) is 11.8 Å². The van der Waals surface area contributed by atoms with Crippen molar-refractivity contribution in [3.05, 3.63) is 94.4 Å². The van der Waals surface area contributed by atoms with E-state index >= 15 is 0 Å². The minimum atomic E-state index is -1.29. The van der Waals surface area contributed by atoms with Crippen molar-refractivity contribution in [1.29, 1.82) is 0 Å². The van der Waals surface area contributed by atoms with Gasteiger partial charge < -0.3 is 20.3 Å². The molecule has 0 aliphatic rings. The molecule has 0 fully saturated rings. The Hall–Kier alpha value is -4.50. The summed E-state index contributed by atoms with van der Waals surface area (Å²) < 4.78 is 18.4. The van der Waals surface area contributed by atoms with E-state index in [2.05, 4.69) is 10.3 Å². The van der Waals surface area contributed by atoms with Gasteiger partial charge in [0.1, 0.15) is 23.3 Å². The second-order valence-corrected chi connectivity index (χ2v) is 8.55. The van der Waals surface area contributed by atoms with Crippen LogP contribution >= 0.6 is 11.6 Å². The van der Waals surface area contributed by atoms with E-state index in [0.717, 1.165) is 6.07 Å². The fourth-order valence-electron chi connectivity index (χ4n) is 3.81. The third-order valence-electron chi connectivity index (χ3n) is 5.69. The number of hydrogen-bond donors (Lipinski definition) is 3. The minimum absolute atomic E-state index is 0.0506. The summed E-state index contributed by atoms with van der Waals surface area (Å²) in [5.74, 6) is -3.29. The van der Waals surface area contributed by atoms with E-state index in [9.17, 15) is 29.0 Å². The highest BCUT2D eigenvalue weighted by molar-refractivity contribution is 6.31. The third kappa shape index (κ3) is 5.68. The summed E-state index contributed by atoms with van der Waals surface area (Å²) in [6.07, 6.45) is 0.0711. The first kappa shape index (κ1) is 25.6. The molecule has 8 nitrogen and oxygen atoms in total. The van der Waals surface area contributed by atoms with E-state index in [-0.39, 0.29) is 39.4 Å². The zero-order valence-electron chi connectivity index (χ0n) is 19.4. The number of amides is 1.